The van der Waals surface area contributed by atoms with Crippen molar-refractivity contribution < 1.29 is 9.53 Å². The molecule has 0 atom stereocenters. The summed E-state index contributed by atoms with van der Waals surface area (Å²) in [5.41, 5.74) is 2.46. The topological polar surface area (TPSA) is 73.2 Å². The standard InChI is InChI=1S/C25H20ClN3O3/c1-29-25(31)22(24(30)27-18-13-14-20(32-2)19(26)15-18)21(16-9-5-3-6-10-16)23(28-29)17-11-7-4-8-12-17/h3-15H,1-2H3,(H,27,30). The Balaban J connectivity index is 1.91. The van der Waals surface area contributed by atoms with Gasteiger partial charge in [-0.2, -0.15) is 5.10 Å². The monoisotopic (exact) mass is 445 g/mol. The molecule has 3 aromatic carbocycles. The van der Waals surface area contributed by atoms with Crippen molar-refractivity contribution in [2.45, 2.75) is 0 Å². The molecule has 0 unspecified atom stereocenters. The molecule has 0 saturated heterocycles. The molecule has 1 amide bonds. The minimum Gasteiger partial charge on any atom is -0.495 e. The number of nitrogens with one attached hydrogen (secondary N) is 1. The Morgan fingerprint density at radius 1 is 0.969 bits per heavy atom. The van der Waals surface area contributed by atoms with Crippen LogP contribution in [-0.2, 0) is 7.05 Å². The summed E-state index contributed by atoms with van der Waals surface area (Å²) in [7, 11) is 3.04. The molecule has 1 N–H and O–H groups in total. The normalized spacial score (nSPS) is 10.6. The lowest BCUT2D eigenvalue weighted by atomic mass is 9.95. The molecule has 32 heavy (non-hydrogen) atoms. The number of aryl methyl sites for hydroxylation is 1. The van der Waals surface area contributed by atoms with E-state index in [9.17, 15) is 9.59 Å². The predicted molar refractivity (Wildman–Crippen MR) is 126 cm³/mol. The number of methoxy groups -OCH3 is 1. The number of carbonyl (C=O) groups excluding carboxylic acids is 1. The van der Waals surface area contributed by atoms with E-state index in [1.54, 1.807) is 18.2 Å². The third-order valence-corrected chi connectivity index (χ3v) is 5.29. The van der Waals surface area contributed by atoms with Crippen LogP contribution in [0.1, 0.15) is 10.4 Å². The average Bonchev–Trinajstić information content (AvgIpc) is 2.81. The number of carbonyl (C=O) groups is 1. The summed E-state index contributed by atoms with van der Waals surface area (Å²) in [6.07, 6.45) is 0. The molecule has 160 valence electrons. The Morgan fingerprint density at radius 2 is 1.59 bits per heavy atom. The van der Waals surface area contributed by atoms with E-state index in [4.69, 9.17) is 16.3 Å². The van der Waals surface area contributed by atoms with Crippen LogP contribution < -0.4 is 15.6 Å². The van der Waals surface area contributed by atoms with Gasteiger partial charge < -0.3 is 10.1 Å². The Labute approximate surface area is 190 Å². The van der Waals surface area contributed by atoms with Gasteiger partial charge in [0.2, 0.25) is 0 Å². The van der Waals surface area contributed by atoms with Crippen LogP contribution in [0.4, 0.5) is 5.69 Å². The molecule has 1 aromatic heterocycles. The largest absolute Gasteiger partial charge is 0.495 e. The molecule has 6 nitrogen and oxygen atoms in total. The molecule has 4 aromatic rings. The van der Waals surface area contributed by atoms with E-state index < -0.39 is 11.5 Å². The second kappa shape index (κ2) is 9.08. The SMILES string of the molecule is COc1ccc(NC(=O)c2c(-c3ccccc3)c(-c3ccccc3)nn(C)c2=O)cc1Cl. The Kier molecular flexibility index (Phi) is 6.05. The van der Waals surface area contributed by atoms with Crippen LogP contribution in [0.3, 0.4) is 0 Å². The van der Waals surface area contributed by atoms with Crippen molar-refractivity contribution in [3.63, 3.8) is 0 Å². The van der Waals surface area contributed by atoms with Crippen LogP contribution in [0.2, 0.25) is 5.02 Å². The van der Waals surface area contributed by atoms with Gasteiger partial charge in [0.15, 0.2) is 0 Å². The van der Waals surface area contributed by atoms with Crippen LogP contribution in [0, 0.1) is 0 Å². The third-order valence-electron chi connectivity index (χ3n) is 4.99. The summed E-state index contributed by atoms with van der Waals surface area (Å²) in [5, 5.41) is 7.63. The Bertz CT molecular complexity index is 1340. The van der Waals surface area contributed by atoms with E-state index in [-0.39, 0.29) is 5.56 Å². The lowest BCUT2D eigenvalue weighted by Crippen LogP contribution is -2.31. The maximum atomic E-state index is 13.4. The number of nitrogens with zero attached hydrogens (tertiary/aromatic N) is 2. The number of amides is 1. The maximum Gasteiger partial charge on any atom is 0.280 e. The van der Waals surface area contributed by atoms with Crippen LogP contribution in [0.25, 0.3) is 22.4 Å². The van der Waals surface area contributed by atoms with E-state index in [1.165, 1.54) is 18.8 Å². The number of aromatic nitrogens is 2. The molecule has 4 rings (SSSR count). The van der Waals surface area contributed by atoms with Gasteiger partial charge >= 0.3 is 0 Å². The number of benzene rings is 3. The van der Waals surface area contributed by atoms with Gasteiger partial charge in [0, 0.05) is 23.9 Å². The van der Waals surface area contributed by atoms with Crippen molar-refractivity contribution in [2.75, 3.05) is 12.4 Å². The Morgan fingerprint density at radius 3 is 2.19 bits per heavy atom. The number of ether oxygens (including phenoxy) is 1. The van der Waals surface area contributed by atoms with Gasteiger partial charge in [0.25, 0.3) is 11.5 Å². The first kappa shape index (κ1) is 21.3. The van der Waals surface area contributed by atoms with Crippen LogP contribution >= 0.6 is 11.6 Å². The zero-order chi connectivity index (χ0) is 22.7. The summed E-state index contributed by atoms with van der Waals surface area (Å²) < 4.78 is 6.35. The molecule has 0 aliphatic rings. The van der Waals surface area contributed by atoms with Crippen molar-refractivity contribution in [1.82, 2.24) is 9.78 Å². The highest BCUT2D eigenvalue weighted by molar-refractivity contribution is 6.32. The van der Waals surface area contributed by atoms with Crippen molar-refractivity contribution in [3.8, 4) is 28.1 Å². The van der Waals surface area contributed by atoms with Gasteiger partial charge in [-0.05, 0) is 23.8 Å². The van der Waals surface area contributed by atoms with Gasteiger partial charge in [-0.25, -0.2) is 4.68 Å². The number of anilines is 1. The molecule has 0 bridgehead atoms. The Hall–Kier alpha value is -3.90. The number of hydrogen-bond donors (Lipinski definition) is 1. The fraction of sp³-hybridized carbons (Fsp3) is 0.0800. The second-order valence-corrected chi connectivity index (χ2v) is 7.47. The molecule has 0 aliphatic heterocycles. The predicted octanol–water partition coefficient (Wildman–Crippen LogP) is 5.03. The average molecular weight is 446 g/mol. The van der Waals surface area contributed by atoms with Crippen molar-refractivity contribution >= 4 is 23.2 Å². The van der Waals surface area contributed by atoms with Crippen molar-refractivity contribution in [1.29, 1.82) is 0 Å². The first-order chi connectivity index (χ1) is 15.5. The minimum absolute atomic E-state index is 0.000469. The molecular weight excluding hydrogens is 426 g/mol. The van der Waals surface area contributed by atoms with Gasteiger partial charge in [0.1, 0.15) is 11.3 Å². The molecule has 1 heterocycles. The van der Waals surface area contributed by atoms with E-state index in [0.717, 1.165) is 11.1 Å². The summed E-state index contributed by atoms with van der Waals surface area (Å²) >= 11 is 6.20. The van der Waals surface area contributed by atoms with Crippen LogP contribution in [0.5, 0.6) is 5.75 Å². The van der Waals surface area contributed by atoms with Crippen LogP contribution in [-0.4, -0.2) is 22.8 Å². The van der Waals surface area contributed by atoms with E-state index >= 15 is 0 Å². The number of hydrogen-bond acceptors (Lipinski definition) is 4. The van der Waals surface area contributed by atoms with Crippen molar-refractivity contribution in [3.05, 3.63) is 99.8 Å². The fourth-order valence-corrected chi connectivity index (χ4v) is 3.72. The van der Waals surface area contributed by atoms with Crippen molar-refractivity contribution in [2.24, 2.45) is 7.05 Å². The molecule has 0 saturated carbocycles. The lowest BCUT2D eigenvalue weighted by Gasteiger charge is -2.16. The van der Waals surface area contributed by atoms with E-state index in [0.29, 0.717) is 27.7 Å². The summed E-state index contributed by atoms with van der Waals surface area (Å²) in [6, 6.07) is 23.6. The summed E-state index contributed by atoms with van der Waals surface area (Å²) in [5.74, 6) is -0.0638. The molecule has 7 heteroatoms. The van der Waals surface area contributed by atoms with Crippen LogP contribution in [0.15, 0.2) is 83.7 Å². The first-order valence-corrected chi connectivity index (χ1v) is 10.2. The molecule has 0 fully saturated rings. The highest BCUT2D eigenvalue weighted by Gasteiger charge is 2.24. The molecular formula is C25H20ClN3O3. The summed E-state index contributed by atoms with van der Waals surface area (Å²) in [4.78, 5) is 26.5. The maximum absolute atomic E-state index is 13.4. The highest BCUT2D eigenvalue weighted by atomic mass is 35.5. The zero-order valence-corrected chi connectivity index (χ0v) is 18.3. The second-order valence-electron chi connectivity index (χ2n) is 7.06. The number of halogens is 1. The summed E-state index contributed by atoms with van der Waals surface area (Å²) in [6.45, 7) is 0. The fourth-order valence-electron chi connectivity index (χ4n) is 3.46. The minimum atomic E-state index is -0.551. The highest BCUT2D eigenvalue weighted by Crippen LogP contribution is 2.33. The third kappa shape index (κ3) is 4.13. The molecule has 0 radical (unpaired) electrons. The molecule has 0 spiro atoms. The van der Waals surface area contributed by atoms with Gasteiger partial charge in [-0.3, -0.25) is 9.59 Å². The first-order valence-electron chi connectivity index (χ1n) is 9.86. The smallest absolute Gasteiger partial charge is 0.280 e. The van der Waals surface area contributed by atoms with Gasteiger partial charge in [-0.15, -0.1) is 0 Å². The zero-order valence-electron chi connectivity index (χ0n) is 17.5. The van der Waals surface area contributed by atoms with E-state index in [1.807, 2.05) is 60.7 Å². The quantitative estimate of drug-likeness (QED) is 0.467. The number of rotatable bonds is 5. The van der Waals surface area contributed by atoms with Gasteiger partial charge in [0.05, 0.1) is 17.8 Å². The van der Waals surface area contributed by atoms with E-state index in [2.05, 4.69) is 10.4 Å². The lowest BCUT2D eigenvalue weighted by molar-refractivity contribution is 0.102. The van der Waals surface area contributed by atoms with Gasteiger partial charge in [-0.1, -0.05) is 72.3 Å². The molecule has 0 aliphatic carbocycles.